The first-order valence-electron chi connectivity index (χ1n) is 12.1. The molecule has 6 heteroatoms. The third kappa shape index (κ3) is 3.12. The van der Waals surface area contributed by atoms with Gasteiger partial charge in [0.15, 0.2) is 5.13 Å². The van der Waals surface area contributed by atoms with Gasteiger partial charge in [-0.15, -0.1) is 11.3 Å². The topological polar surface area (TPSA) is 62.3 Å². The van der Waals surface area contributed by atoms with Gasteiger partial charge in [0, 0.05) is 11.4 Å². The Kier molecular flexibility index (Phi) is 4.52. The molecule has 6 aliphatic rings. The number of likely N-dealkylation sites (tertiary alicyclic amines) is 1. The fourth-order valence-electron chi connectivity index (χ4n) is 7.74. The van der Waals surface area contributed by atoms with Crippen molar-refractivity contribution in [3.8, 4) is 0 Å². The van der Waals surface area contributed by atoms with E-state index in [0.717, 1.165) is 74.4 Å². The van der Waals surface area contributed by atoms with Crippen LogP contribution in [0.1, 0.15) is 75.3 Å². The Balaban J connectivity index is 1.18. The molecule has 0 radical (unpaired) electrons. The molecule has 1 aliphatic heterocycles. The van der Waals surface area contributed by atoms with E-state index in [1.807, 2.05) is 4.90 Å². The van der Waals surface area contributed by atoms with Crippen LogP contribution in [-0.4, -0.2) is 34.3 Å². The Morgan fingerprint density at radius 1 is 1.10 bits per heavy atom. The van der Waals surface area contributed by atoms with E-state index in [2.05, 4.69) is 12.2 Å². The highest BCUT2D eigenvalue weighted by molar-refractivity contribution is 7.15. The lowest BCUT2D eigenvalue weighted by Gasteiger charge is -2.56. The molecule has 30 heavy (non-hydrogen) atoms. The number of rotatable bonds is 3. The van der Waals surface area contributed by atoms with Crippen LogP contribution >= 0.6 is 11.3 Å². The highest BCUT2D eigenvalue weighted by atomic mass is 32.1. The van der Waals surface area contributed by atoms with Crippen LogP contribution in [0.5, 0.6) is 0 Å². The summed E-state index contributed by atoms with van der Waals surface area (Å²) in [6.07, 6.45) is 12.2. The Morgan fingerprint density at radius 3 is 2.50 bits per heavy atom. The molecule has 7 rings (SSSR count). The third-order valence-corrected chi connectivity index (χ3v) is 9.76. The number of aromatic nitrogens is 1. The number of hydrogen-bond donors (Lipinski definition) is 1. The van der Waals surface area contributed by atoms with Crippen molar-refractivity contribution >= 4 is 28.3 Å². The van der Waals surface area contributed by atoms with Crippen molar-refractivity contribution in [1.29, 1.82) is 0 Å². The molecule has 0 spiro atoms. The van der Waals surface area contributed by atoms with Crippen molar-refractivity contribution in [2.45, 2.75) is 83.6 Å². The molecule has 1 saturated heterocycles. The maximum atomic E-state index is 13.8. The predicted molar refractivity (Wildman–Crippen MR) is 117 cm³/mol. The van der Waals surface area contributed by atoms with E-state index in [9.17, 15) is 9.59 Å². The fraction of sp³-hybridized carbons (Fsp3) is 0.792. The molecule has 2 amide bonds. The third-order valence-electron chi connectivity index (χ3n) is 8.72. The van der Waals surface area contributed by atoms with Crippen LogP contribution in [0, 0.1) is 29.1 Å². The zero-order chi connectivity index (χ0) is 20.5. The van der Waals surface area contributed by atoms with Crippen LogP contribution in [0.2, 0.25) is 0 Å². The molecule has 0 unspecified atom stereocenters. The number of aryl methyl sites for hydroxylation is 1. The van der Waals surface area contributed by atoms with Crippen LogP contribution in [0.15, 0.2) is 0 Å². The lowest BCUT2D eigenvalue weighted by atomic mass is 9.49. The van der Waals surface area contributed by atoms with Gasteiger partial charge >= 0.3 is 0 Å². The Hall–Kier alpha value is -1.43. The van der Waals surface area contributed by atoms with Crippen LogP contribution in [0.25, 0.3) is 0 Å². The van der Waals surface area contributed by atoms with E-state index in [1.165, 1.54) is 36.3 Å². The molecule has 4 saturated carbocycles. The van der Waals surface area contributed by atoms with E-state index in [-0.39, 0.29) is 17.4 Å². The van der Waals surface area contributed by atoms with Crippen LogP contribution < -0.4 is 5.32 Å². The minimum atomic E-state index is -0.314. The average molecular weight is 428 g/mol. The van der Waals surface area contributed by atoms with Crippen molar-refractivity contribution < 1.29 is 9.59 Å². The number of carbonyl (C=O) groups is 2. The summed E-state index contributed by atoms with van der Waals surface area (Å²) in [5.41, 5.74) is 1.01. The quantitative estimate of drug-likeness (QED) is 0.777. The number of nitrogens with zero attached hydrogens (tertiary/aromatic N) is 2. The molecule has 0 aromatic carbocycles. The minimum Gasteiger partial charge on any atom is -0.330 e. The summed E-state index contributed by atoms with van der Waals surface area (Å²) < 4.78 is 0. The summed E-state index contributed by atoms with van der Waals surface area (Å²) in [4.78, 5) is 35.0. The molecule has 2 heterocycles. The number of nitrogens with one attached hydrogen (secondary N) is 1. The fourth-order valence-corrected chi connectivity index (χ4v) is 8.92. The minimum absolute atomic E-state index is 0.0234. The van der Waals surface area contributed by atoms with Gasteiger partial charge in [-0.25, -0.2) is 4.98 Å². The molecular weight excluding hydrogens is 394 g/mol. The summed E-state index contributed by atoms with van der Waals surface area (Å²) in [6.45, 7) is 3.03. The van der Waals surface area contributed by atoms with Crippen molar-refractivity contribution in [2.75, 3.05) is 11.9 Å². The summed E-state index contributed by atoms with van der Waals surface area (Å²) in [5.74, 6) is 3.22. The molecule has 5 aliphatic carbocycles. The lowest BCUT2D eigenvalue weighted by Crippen LogP contribution is -2.56. The molecule has 2 atom stereocenters. The average Bonchev–Trinajstić information content (AvgIpc) is 3.32. The van der Waals surface area contributed by atoms with Crippen LogP contribution in [0.3, 0.4) is 0 Å². The number of thiazole rings is 1. The predicted octanol–water partition coefficient (Wildman–Crippen LogP) is 4.41. The van der Waals surface area contributed by atoms with Crippen molar-refractivity contribution in [2.24, 2.45) is 29.1 Å². The first kappa shape index (κ1) is 19.3. The van der Waals surface area contributed by atoms with Gasteiger partial charge in [0.25, 0.3) is 0 Å². The maximum absolute atomic E-state index is 13.8. The van der Waals surface area contributed by atoms with Gasteiger partial charge in [-0.3, -0.25) is 9.59 Å². The zero-order valence-corrected chi connectivity index (χ0v) is 18.8. The lowest BCUT2D eigenvalue weighted by molar-refractivity contribution is -0.160. The Morgan fingerprint density at radius 2 is 1.80 bits per heavy atom. The molecule has 5 nitrogen and oxygen atoms in total. The summed E-state index contributed by atoms with van der Waals surface area (Å²) in [6, 6.07) is -0.314. The molecule has 4 bridgehead atoms. The Bertz CT molecular complexity index is 843. The van der Waals surface area contributed by atoms with Gasteiger partial charge < -0.3 is 10.2 Å². The molecule has 5 fully saturated rings. The van der Waals surface area contributed by atoms with Crippen molar-refractivity contribution in [3.63, 3.8) is 0 Å². The molecular formula is C24H33N3O2S. The molecule has 162 valence electrons. The van der Waals surface area contributed by atoms with Gasteiger partial charge in [0.05, 0.1) is 11.1 Å². The largest absolute Gasteiger partial charge is 0.330 e. The first-order chi connectivity index (χ1) is 14.5. The SMILES string of the molecule is C[C@H]1CCc2nc(NC(=O)[C@@H]3CCCN3C(=O)C34CC5CC(CC(C5)C3)C4)sc2C1. The van der Waals surface area contributed by atoms with E-state index < -0.39 is 0 Å². The van der Waals surface area contributed by atoms with E-state index >= 15 is 0 Å². The number of carbonyl (C=O) groups excluding carboxylic acids is 2. The highest BCUT2D eigenvalue weighted by Crippen LogP contribution is 2.60. The Labute approximate surface area is 183 Å². The van der Waals surface area contributed by atoms with Gasteiger partial charge in [0.2, 0.25) is 11.8 Å². The molecule has 1 aromatic rings. The van der Waals surface area contributed by atoms with Gasteiger partial charge in [0.1, 0.15) is 6.04 Å². The van der Waals surface area contributed by atoms with Gasteiger partial charge in [-0.2, -0.15) is 0 Å². The van der Waals surface area contributed by atoms with Gasteiger partial charge in [-0.1, -0.05) is 6.92 Å². The van der Waals surface area contributed by atoms with E-state index in [1.54, 1.807) is 11.3 Å². The van der Waals surface area contributed by atoms with Crippen LogP contribution in [-0.2, 0) is 22.4 Å². The normalized spacial score (nSPS) is 39.2. The summed E-state index contributed by atoms with van der Waals surface area (Å²) in [7, 11) is 0. The van der Waals surface area contributed by atoms with Crippen molar-refractivity contribution in [1.82, 2.24) is 9.88 Å². The summed E-state index contributed by atoms with van der Waals surface area (Å²) >= 11 is 1.64. The second-order valence-corrected chi connectivity index (χ2v) is 12.2. The van der Waals surface area contributed by atoms with Gasteiger partial charge in [-0.05, 0) is 94.3 Å². The maximum Gasteiger partial charge on any atom is 0.248 e. The zero-order valence-electron chi connectivity index (χ0n) is 18.0. The second kappa shape index (κ2) is 7.04. The molecule has 1 N–H and O–H groups in total. The molecule has 1 aromatic heterocycles. The van der Waals surface area contributed by atoms with E-state index in [4.69, 9.17) is 4.98 Å². The van der Waals surface area contributed by atoms with E-state index in [0.29, 0.717) is 11.8 Å². The smallest absolute Gasteiger partial charge is 0.248 e. The number of fused-ring (bicyclic) bond motifs is 1. The van der Waals surface area contributed by atoms with Crippen LogP contribution in [0.4, 0.5) is 5.13 Å². The van der Waals surface area contributed by atoms with Crippen molar-refractivity contribution in [3.05, 3.63) is 10.6 Å². The standard InChI is InChI=1S/C24H33N3O2S/c1-14-4-5-18-20(7-14)30-23(25-18)26-21(28)19-3-2-6-27(19)22(29)24-11-15-8-16(12-24)10-17(9-15)13-24/h14-17,19H,2-13H2,1H3,(H,25,26,28)/t14-,15?,16?,17?,19-,24?/m0/s1. The first-order valence-corrected chi connectivity index (χ1v) is 12.9. The number of amides is 2. The number of anilines is 1. The number of hydrogen-bond acceptors (Lipinski definition) is 4. The highest BCUT2D eigenvalue weighted by Gasteiger charge is 2.56. The second-order valence-electron chi connectivity index (χ2n) is 11.1. The summed E-state index contributed by atoms with van der Waals surface area (Å²) in [5, 5.41) is 3.82. The monoisotopic (exact) mass is 427 g/mol.